The van der Waals surface area contributed by atoms with Gasteiger partial charge in [0.2, 0.25) is 0 Å². The van der Waals surface area contributed by atoms with Gasteiger partial charge < -0.3 is 10.1 Å². The monoisotopic (exact) mass is 251 g/mol. The van der Waals surface area contributed by atoms with Crippen LogP contribution in [0.4, 0.5) is 0 Å². The molecule has 94 valence electrons. The van der Waals surface area contributed by atoms with Crippen molar-refractivity contribution in [2.24, 2.45) is 5.92 Å². The highest BCUT2D eigenvalue weighted by Gasteiger charge is 2.26. The van der Waals surface area contributed by atoms with E-state index in [9.17, 15) is 0 Å². The Bertz CT molecular complexity index is 335. The Labute approximate surface area is 108 Å². The summed E-state index contributed by atoms with van der Waals surface area (Å²) in [5.41, 5.74) is 0. The lowest BCUT2D eigenvalue weighted by Gasteiger charge is -2.12. The fourth-order valence-electron chi connectivity index (χ4n) is 1.89. The molecule has 1 fully saturated rings. The van der Waals surface area contributed by atoms with Gasteiger partial charge in [0.1, 0.15) is 5.75 Å². The van der Waals surface area contributed by atoms with Crippen molar-refractivity contribution in [1.82, 2.24) is 5.32 Å². The molecule has 0 aliphatic heterocycles. The molecule has 0 aromatic heterocycles. The molecule has 0 saturated heterocycles. The van der Waals surface area contributed by atoms with Gasteiger partial charge in [-0.15, -0.1) is 11.8 Å². The Kier molecular flexibility index (Phi) is 4.75. The van der Waals surface area contributed by atoms with Crippen molar-refractivity contribution in [3.63, 3.8) is 0 Å². The van der Waals surface area contributed by atoms with Crippen molar-refractivity contribution in [2.75, 3.05) is 19.4 Å². The van der Waals surface area contributed by atoms with E-state index < -0.39 is 0 Å². The molecule has 1 aliphatic rings. The quantitative estimate of drug-likeness (QED) is 0.594. The maximum absolute atomic E-state index is 5.14. The SMILES string of the molecule is COc1ccc(SCCNC(C)C2CC2)cc1. The van der Waals surface area contributed by atoms with Crippen molar-refractivity contribution < 1.29 is 4.74 Å². The Morgan fingerprint density at radius 1 is 1.35 bits per heavy atom. The second-order valence-corrected chi connectivity index (χ2v) is 5.77. The standard InChI is InChI=1S/C14H21NOS/c1-11(12-3-4-12)15-9-10-17-14-7-5-13(16-2)6-8-14/h5-8,11-12,15H,3-4,9-10H2,1-2H3. The third kappa shape index (κ3) is 4.25. The van der Waals surface area contributed by atoms with Gasteiger partial charge >= 0.3 is 0 Å². The Morgan fingerprint density at radius 3 is 2.65 bits per heavy atom. The van der Waals surface area contributed by atoms with E-state index in [1.165, 1.54) is 17.7 Å². The maximum Gasteiger partial charge on any atom is 0.118 e. The van der Waals surface area contributed by atoms with Crippen molar-refractivity contribution >= 4 is 11.8 Å². The third-order valence-corrected chi connectivity index (χ3v) is 4.24. The van der Waals surface area contributed by atoms with Crippen LogP contribution in [-0.4, -0.2) is 25.4 Å². The molecule has 1 atom stereocenters. The van der Waals surface area contributed by atoms with Crippen LogP contribution in [0.5, 0.6) is 5.75 Å². The Hall–Kier alpha value is -0.670. The molecule has 1 aromatic carbocycles. The molecule has 2 rings (SSSR count). The summed E-state index contributed by atoms with van der Waals surface area (Å²) in [6, 6.07) is 8.97. The molecule has 0 heterocycles. The first kappa shape index (κ1) is 12.8. The second kappa shape index (κ2) is 6.31. The van der Waals surface area contributed by atoms with Crippen LogP contribution in [0.1, 0.15) is 19.8 Å². The van der Waals surface area contributed by atoms with Crippen molar-refractivity contribution in [3.05, 3.63) is 24.3 Å². The van der Waals surface area contributed by atoms with E-state index in [2.05, 4.69) is 24.4 Å². The molecular weight excluding hydrogens is 230 g/mol. The van der Waals surface area contributed by atoms with E-state index in [1.54, 1.807) is 7.11 Å². The molecule has 1 aliphatic carbocycles. The Balaban J connectivity index is 1.63. The lowest BCUT2D eigenvalue weighted by atomic mass is 10.2. The first-order chi connectivity index (χ1) is 8.29. The second-order valence-electron chi connectivity index (χ2n) is 4.60. The van der Waals surface area contributed by atoms with E-state index >= 15 is 0 Å². The molecule has 1 aromatic rings. The minimum Gasteiger partial charge on any atom is -0.497 e. The minimum absolute atomic E-state index is 0.700. The van der Waals surface area contributed by atoms with Gasteiger partial charge in [-0.1, -0.05) is 0 Å². The number of methoxy groups -OCH3 is 1. The number of rotatable bonds is 7. The van der Waals surface area contributed by atoms with Crippen LogP contribution in [0.15, 0.2) is 29.2 Å². The third-order valence-electron chi connectivity index (χ3n) is 3.23. The molecular formula is C14H21NOS. The Morgan fingerprint density at radius 2 is 2.06 bits per heavy atom. The zero-order valence-corrected chi connectivity index (χ0v) is 11.4. The van der Waals surface area contributed by atoms with Gasteiger partial charge in [0.05, 0.1) is 7.11 Å². The molecule has 0 bridgehead atoms. The predicted octanol–water partition coefficient (Wildman–Crippen LogP) is 3.18. The summed E-state index contributed by atoms with van der Waals surface area (Å²) in [5.74, 6) is 3.00. The lowest BCUT2D eigenvalue weighted by Crippen LogP contribution is -2.29. The van der Waals surface area contributed by atoms with Gasteiger partial charge in [-0.05, 0) is 49.9 Å². The van der Waals surface area contributed by atoms with Crippen LogP contribution in [0, 0.1) is 5.92 Å². The highest BCUT2D eigenvalue weighted by Crippen LogP contribution is 2.32. The number of ether oxygens (including phenoxy) is 1. The molecule has 0 radical (unpaired) electrons. The van der Waals surface area contributed by atoms with Gasteiger partial charge in [0.15, 0.2) is 0 Å². The van der Waals surface area contributed by atoms with E-state index in [1.807, 2.05) is 23.9 Å². The predicted molar refractivity (Wildman–Crippen MR) is 73.9 cm³/mol. The van der Waals surface area contributed by atoms with E-state index in [0.717, 1.165) is 24.0 Å². The smallest absolute Gasteiger partial charge is 0.118 e. The largest absolute Gasteiger partial charge is 0.497 e. The van der Waals surface area contributed by atoms with Crippen LogP contribution >= 0.6 is 11.8 Å². The highest BCUT2D eigenvalue weighted by molar-refractivity contribution is 7.99. The molecule has 1 saturated carbocycles. The van der Waals surface area contributed by atoms with E-state index in [4.69, 9.17) is 4.74 Å². The van der Waals surface area contributed by atoms with Crippen molar-refractivity contribution in [2.45, 2.75) is 30.7 Å². The number of hydrogen-bond acceptors (Lipinski definition) is 3. The minimum atomic E-state index is 0.700. The van der Waals surface area contributed by atoms with Gasteiger partial charge in [0.25, 0.3) is 0 Å². The first-order valence-corrected chi connectivity index (χ1v) is 7.28. The summed E-state index contributed by atoms with van der Waals surface area (Å²) >= 11 is 1.90. The lowest BCUT2D eigenvalue weighted by molar-refractivity contribution is 0.414. The molecule has 17 heavy (non-hydrogen) atoms. The normalized spacial score (nSPS) is 16.8. The first-order valence-electron chi connectivity index (χ1n) is 6.30. The molecule has 1 N–H and O–H groups in total. The summed E-state index contributed by atoms with van der Waals surface area (Å²) < 4.78 is 5.14. The number of thioether (sulfide) groups is 1. The maximum atomic E-state index is 5.14. The average molecular weight is 251 g/mol. The zero-order chi connectivity index (χ0) is 12.1. The molecule has 0 spiro atoms. The van der Waals surface area contributed by atoms with Gasteiger partial charge in [-0.2, -0.15) is 0 Å². The number of hydrogen-bond donors (Lipinski definition) is 1. The zero-order valence-electron chi connectivity index (χ0n) is 10.6. The summed E-state index contributed by atoms with van der Waals surface area (Å²) in [6.45, 7) is 3.39. The topological polar surface area (TPSA) is 21.3 Å². The fourth-order valence-corrected chi connectivity index (χ4v) is 2.67. The molecule has 3 heteroatoms. The summed E-state index contributed by atoms with van der Waals surface area (Å²) in [7, 11) is 1.70. The molecule has 1 unspecified atom stereocenters. The van der Waals surface area contributed by atoms with Gasteiger partial charge in [-0.3, -0.25) is 0 Å². The van der Waals surface area contributed by atoms with Crippen LogP contribution < -0.4 is 10.1 Å². The van der Waals surface area contributed by atoms with Crippen LogP contribution in [0.2, 0.25) is 0 Å². The van der Waals surface area contributed by atoms with Gasteiger partial charge in [0, 0.05) is 23.2 Å². The van der Waals surface area contributed by atoms with E-state index in [0.29, 0.717) is 6.04 Å². The van der Waals surface area contributed by atoms with Gasteiger partial charge in [-0.25, -0.2) is 0 Å². The van der Waals surface area contributed by atoms with Crippen LogP contribution in [0.25, 0.3) is 0 Å². The summed E-state index contributed by atoms with van der Waals surface area (Å²) in [6.07, 6.45) is 2.83. The number of nitrogens with one attached hydrogen (secondary N) is 1. The highest BCUT2D eigenvalue weighted by atomic mass is 32.2. The fraction of sp³-hybridized carbons (Fsp3) is 0.571. The van der Waals surface area contributed by atoms with Crippen LogP contribution in [0.3, 0.4) is 0 Å². The van der Waals surface area contributed by atoms with Crippen molar-refractivity contribution in [3.8, 4) is 5.75 Å². The van der Waals surface area contributed by atoms with E-state index in [-0.39, 0.29) is 0 Å². The average Bonchev–Trinajstić information content (AvgIpc) is 3.19. The molecule has 0 amide bonds. The molecule has 2 nitrogen and oxygen atoms in total. The number of benzene rings is 1. The van der Waals surface area contributed by atoms with Crippen molar-refractivity contribution in [1.29, 1.82) is 0 Å². The van der Waals surface area contributed by atoms with Crippen LogP contribution in [-0.2, 0) is 0 Å². The summed E-state index contributed by atoms with van der Waals surface area (Å²) in [5, 5.41) is 3.59. The summed E-state index contributed by atoms with van der Waals surface area (Å²) in [4.78, 5) is 1.31.